The monoisotopic (exact) mass is 276 g/mol. The zero-order valence-corrected chi connectivity index (χ0v) is 12.0. The molecule has 0 radical (unpaired) electrons. The molecule has 1 aliphatic carbocycles. The lowest BCUT2D eigenvalue weighted by Gasteiger charge is -2.15. The van der Waals surface area contributed by atoms with Crippen LogP contribution in [-0.4, -0.2) is 29.8 Å². The molecule has 3 atom stereocenters. The molecular formula is C16H24N2O2. The van der Waals surface area contributed by atoms with Crippen LogP contribution in [0.4, 0.5) is 4.79 Å². The van der Waals surface area contributed by atoms with E-state index in [0.29, 0.717) is 12.5 Å². The van der Waals surface area contributed by atoms with Gasteiger partial charge in [-0.25, -0.2) is 4.79 Å². The maximum atomic E-state index is 11.6. The topological polar surface area (TPSA) is 61.4 Å². The summed E-state index contributed by atoms with van der Waals surface area (Å²) in [7, 11) is 0. The molecule has 4 nitrogen and oxygen atoms in total. The van der Waals surface area contributed by atoms with Crippen LogP contribution in [0.25, 0.3) is 0 Å². The molecule has 20 heavy (non-hydrogen) atoms. The Morgan fingerprint density at radius 2 is 2.10 bits per heavy atom. The Hall–Kier alpha value is -1.55. The molecule has 2 rings (SSSR count). The van der Waals surface area contributed by atoms with E-state index in [9.17, 15) is 4.79 Å². The molecule has 4 heteroatoms. The van der Waals surface area contributed by atoms with E-state index in [2.05, 4.69) is 34.9 Å². The molecule has 0 aromatic heterocycles. The number of aliphatic hydroxyl groups is 1. The number of carbonyl (C=O) groups is 1. The van der Waals surface area contributed by atoms with Gasteiger partial charge in [-0.05, 0) is 44.1 Å². The predicted octanol–water partition coefficient (Wildman–Crippen LogP) is 2.08. The van der Waals surface area contributed by atoms with Gasteiger partial charge in [-0.15, -0.1) is 0 Å². The quantitative estimate of drug-likeness (QED) is 0.771. The summed E-state index contributed by atoms with van der Waals surface area (Å²) >= 11 is 0. The Morgan fingerprint density at radius 1 is 1.35 bits per heavy atom. The van der Waals surface area contributed by atoms with Gasteiger partial charge in [0.25, 0.3) is 0 Å². The number of amides is 2. The number of hydrogen-bond acceptors (Lipinski definition) is 2. The molecule has 0 spiro atoms. The first kappa shape index (κ1) is 14.9. The molecule has 0 saturated heterocycles. The fourth-order valence-electron chi connectivity index (χ4n) is 2.82. The number of carbonyl (C=O) groups excluding carboxylic acids is 1. The van der Waals surface area contributed by atoms with E-state index in [1.54, 1.807) is 6.92 Å². The average molecular weight is 276 g/mol. The van der Waals surface area contributed by atoms with Gasteiger partial charge in [0.15, 0.2) is 0 Å². The van der Waals surface area contributed by atoms with Gasteiger partial charge in [0.2, 0.25) is 0 Å². The third-order valence-electron chi connectivity index (χ3n) is 3.80. The normalized spacial score (nSPS) is 23.3. The average Bonchev–Trinajstić information content (AvgIpc) is 2.85. The third kappa shape index (κ3) is 4.85. The fourth-order valence-corrected chi connectivity index (χ4v) is 2.82. The second-order valence-electron chi connectivity index (χ2n) is 5.77. The third-order valence-corrected chi connectivity index (χ3v) is 3.80. The molecule has 1 fully saturated rings. The number of aliphatic hydroxyl groups excluding tert-OH is 1. The van der Waals surface area contributed by atoms with Crippen LogP contribution in [0, 0.1) is 5.92 Å². The molecule has 1 aromatic rings. The minimum absolute atomic E-state index is 0.170. The van der Waals surface area contributed by atoms with Gasteiger partial charge in [0.05, 0.1) is 6.10 Å². The molecule has 0 unspecified atom stereocenters. The van der Waals surface area contributed by atoms with Crippen LogP contribution in [0.15, 0.2) is 30.3 Å². The highest BCUT2D eigenvalue weighted by Gasteiger charge is 2.25. The van der Waals surface area contributed by atoms with E-state index in [-0.39, 0.29) is 12.1 Å². The SMILES string of the molecule is C[C@@H](O)CNC(=O)N[C@H]1CC[C@H](Cc2ccccc2)C1. The van der Waals surface area contributed by atoms with Crippen molar-refractivity contribution in [2.24, 2.45) is 5.92 Å². The summed E-state index contributed by atoms with van der Waals surface area (Å²) in [5, 5.41) is 14.8. The second kappa shape index (κ2) is 7.29. The summed E-state index contributed by atoms with van der Waals surface area (Å²) in [6.45, 7) is 1.96. The Labute approximate surface area is 120 Å². The number of benzene rings is 1. The molecule has 110 valence electrons. The van der Waals surface area contributed by atoms with Gasteiger partial charge in [0, 0.05) is 12.6 Å². The summed E-state index contributed by atoms with van der Waals surface area (Å²) < 4.78 is 0. The number of urea groups is 1. The van der Waals surface area contributed by atoms with E-state index >= 15 is 0 Å². The van der Waals surface area contributed by atoms with Crippen molar-refractivity contribution in [1.29, 1.82) is 0 Å². The minimum atomic E-state index is -0.504. The van der Waals surface area contributed by atoms with Crippen molar-refractivity contribution in [1.82, 2.24) is 10.6 Å². The molecule has 1 aromatic carbocycles. The Morgan fingerprint density at radius 3 is 2.80 bits per heavy atom. The smallest absolute Gasteiger partial charge is 0.315 e. The molecule has 3 N–H and O–H groups in total. The van der Waals surface area contributed by atoms with Crippen LogP contribution >= 0.6 is 0 Å². The minimum Gasteiger partial charge on any atom is -0.392 e. The van der Waals surface area contributed by atoms with Crippen molar-refractivity contribution >= 4 is 6.03 Å². The van der Waals surface area contributed by atoms with Crippen LogP contribution in [0.5, 0.6) is 0 Å². The Kier molecular flexibility index (Phi) is 5.41. The molecule has 1 saturated carbocycles. The summed E-state index contributed by atoms with van der Waals surface area (Å²) in [5.74, 6) is 0.652. The first-order chi connectivity index (χ1) is 9.63. The van der Waals surface area contributed by atoms with E-state index in [1.165, 1.54) is 5.56 Å². The van der Waals surface area contributed by atoms with E-state index < -0.39 is 6.10 Å². The Balaban J connectivity index is 1.71. The highest BCUT2D eigenvalue weighted by atomic mass is 16.3. The van der Waals surface area contributed by atoms with Gasteiger partial charge in [-0.3, -0.25) is 0 Å². The zero-order valence-electron chi connectivity index (χ0n) is 12.0. The molecule has 0 bridgehead atoms. The number of nitrogens with one attached hydrogen (secondary N) is 2. The van der Waals surface area contributed by atoms with Gasteiger partial charge in [-0.2, -0.15) is 0 Å². The van der Waals surface area contributed by atoms with Crippen molar-refractivity contribution in [2.45, 2.75) is 44.8 Å². The summed E-state index contributed by atoms with van der Waals surface area (Å²) in [4.78, 5) is 11.6. The maximum Gasteiger partial charge on any atom is 0.315 e. The van der Waals surface area contributed by atoms with E-state index in [1.807, 2.05) is 6.07 Å². The van der Waals surface area contributed by atoms with Crippen LogP contribution in [0.3, 0.4) is 0 Å². The standard InChI is InChI=1S/C16H24N2O2/c1-12(19)11-17-16(20)18-15-8-7-14(10-15)9-13-5-3-2-4-6-13/h2-6,12,14-15,19H,7-11H2,1H3,(H2,17,18,20)/t12-,14-,15+/m1/s1. The van der Waals surface area contributed by atoms with Crippen LogP contribution in [-0.2, 0) is 6.42 Å². The van der Waals surface area contributed by atoms with Crippen LogP contribution in [0.2, 0.25) is 0 Å². The lowest BCUT2D eigenvalue weighted by Crippen LogP contribution is -2.43. The first-order valence-corrected chi connectivity index (χ1v) is 7.40. The highest BCUT2D eigenvalue weighted by molar-refractivity contribution is 5.74. The zero-order chi connectivity index (χ0) is 14.4. The Bertz CT molecular complexity index is 420. The van der Waals surface area contributed by atoms with Crippen molar-refractivity contribution in [3.63, 3.8) is 0 Å². The van der Waals surface area contributed by atoms with Crippen LogP contribution < -0.4 is 10.6 Å². The van der Waals surface area contributed by atoms with E-state index in [4.69, 9.17) is 5.11 Å². The largest absolute Gasteiger partial charge is 0.392 e. The van der Waals surface area contributed by atoms with Crippen LogP contribution in [0.1, 0.15) is 31.7 Å². The number of hydrogen-bond donors (Lipinski definition) is 3. The molecule has 1 aliphatic rings. The lowest BCUT2D eigenvalue weighted by molar-refractivity contribution is 0.186. The second-order valence-corrected chi connectivity index (χ2v) is 5.77. The van der Waals surface area contributed by atoms with Gasteiger partial charge >= 0.3 is 6.03 Å². The summed E-state index contributed by atoms with van der Waals surface area (Å²) in [5.41, 5.74) is 1.37. The summed E-state index contributed by atoms with van der Waals surface area (Å²) in [6, 6.07) is 10.6. The van der Waals surface area contributed by atoms with E-state index in [0.717, 1.165) is 25.7 Å². The summed E-state index contributed by atoms with van der Waals surface area (Å²) in [6.07, 6.45) is 3.83. The first-order valence-electron chi connectivity index (χ1n) is 7.40. The molecule has 0 heterocycles. The van der Waals surface area contributed by atoms with Gasteiger partial charge in [-0.1, -0.05) is 30.3 Å². The van der Waals surface area contributed by atoms with Crippen molar-refractivity contribution in [2.75, 3.05) is 6.54 Å². The maximum absolute atomic E-state index is 11.6. The molecular weight excluding hydrogens is 252 g/mol. The van der Waals surface area contributed by atoms with Crippen molar-refractivity contribution in [3.05, 3.63) is 35.9 Å². The molecule has 2 amide bonds. The van der Waals surface area contributed by atoms with Gasteiger partial charge < -0.3 is 15.7 Å². The van der Waals surface area contributed by atoms with Crippen molar-refractivity contribution in [3.8, 4) is 0 Å². The lowest BCUT2D eigenvalue weighted by atomic mass is 9.98. The fraction of sp³-hybridized carbons (Fsp3) is 0.562. The number of rotatable bonds is 5. The van der Waals surface area contributed by atoms with Gasteiger partial charge in [0.1, 0.15) is 0 Å². The van der Waals surface area contributed by atoms with Crippen molar-refractivity contribution < 1.29 is 9.90 Å². The molecule has 0 aliphatic heterocycles. The highest BCUT2D eigenvalue weighted by Crippen LogP contribution is 2.28. The predicted molar refractivity (Wildman–Crippen MR) is 79.5 cm³/mol.